The van der Waals surface area contributed by atoms with Gasteiger partial charge in [-0.25, -0.2) is 9.50 Å². The number of fused-ring (bicyclic) bond motifs is 1. The maximum Gasteiger partial charge on any atom is 0.316 e. The number of rotatable bonds is 10. The number of methoxy groups -OCH3 is 1. The molecule has 1 saturated heterocycles. The van der Waals surface area contributed by atoms with Crippen molar-refractivity contribution in [3.8, 4) is 28.4 Å². The predicted octanol–water partition coefficient (Wildman–Crippen LogP) is 2.69. The van der Waals surface area contributed by atoms with E-state index in [-0.39, 0.29) is 17.6 Å². The van der Waals surface area contributed by atoms with Gasteiger partial charge in [-0.3, -0.25) is 4.79 Å². The summed E-state index contributed by atoms with van der Waals surface area (Å²) in [4.78, 5) is 23.9. The molecule has 11 nitrogen and oxygen atoms in total. The van der Waals surface area contributed by atoms with Crippen LogP contribution in [0.4, 0.5) is 0 Å². The normalized spacial score (nSPS) is 14.2. The third kappa shape index (κ3) is 5.69. The van der Waals surface area contributed by atoms with E-state index in [0.717, 1.165) is 30.8 Å². The Bertz CT molecular complexity index is 1280. The van der Waals surface area contributed by atoms with Gasteiger partial charge in [0.15, 0.2) is 5.65 Å². The summed E-state index contributed by atoms with van der Waals surface area (Å²) in [5.74, 6) is 0.427. The van der Waals surface area contributed by atoms with Crippen molar-refractivity contribution in [2.24, 2.45) is 0 Å². The number of imidazole rings is 1. The number of hydrogen-bond donors (Lipinski definition) is 1. The van der Waals surface area contributed by atoms with Gasteiger partial charge < -0.3 is 24.2 Å². The molecular formula is C25H29N7O4. The first-order chi connectivity index (χ1) is 17.7. The number of amides is 1. The molecule has 0 bridgehead atoms. The smallest absolute Gasteiger partial charge is 0.316 e. The van der Waals surface area contributed by atoms with Crippen LogP contribution < -0.4 is 10.1 Å². The molecule has 11 heteroatoms. The van der Waals surface area contributed by atoms with Crippen LogP contribution >= 0.6 is 0 Å². The zero-order chi connectivity index (χ0) is 24.7. The fraction of sp³-hybridized carbons (Fsp3) is 0.400. The lowest BCUT2D eigenvalue weighted by Crippen LogP contribution is -2.37. The van der Waals surface area contributed by atoms with Crippen LogP contribution in [0, 0.1) is 0 Å². The van der Waals surface area contributed by atoms with Gasteiger partial charge in [0.25, 0.3) is 0 Å². The van der Waals surface area contributed by atoms with Crippen molar-refractivity contribution in [3.05, 3.63) is 48.6 Å². The number of ether oxygens (including phenoxy) is 2. The summed E-state index contributed by atoms with van der Waals surface area (Å²) < 4.78 is 17.9. The molecular weight excluding hydrogens is 462 g/mol. The van der Waals surface area contributed by atoms with Crippen LogP contribution in [-0.2, 0) is 4.74 Å². The molecule has 1 N–H and O–H groups in total. The van der Waals surface area contributed by atoms with Crippen LogP contribution in [0.25, 0.3) is 28.3 Å². The van der Waals surface area contributed by atoms with Gasteiger partial charge in [-0.15, -0.1) is 0 Å². The van der Waals surface area contributed by atoms with Gasteiger partial charge in [-0.2, -0.15) is 10.1 Å². The molecule has 0 atom stereocenters. The Morgan fingerprint density at radius 2 is 1.97 bits per heavy atom. The van der Waals surface area contributed by atoms with Crippen LogP contribution in [0.5, 0.6) is 5.75 Å². The minimum Gasteiger partial charge on any atom is -0.491 e. The fourth-order valence-electron chi connectivity index (χ4n) is 4.19. The molecule has 1 fully saturated rings. The molecule has 0 radical (unpaired) electrons. The lowest BCUT2D eigenvalue weighted by Gasteiger charge is -2.26. The number of aromatic nitrogens is 5. The van der Waals surface area contributed by atoms with Crippen molar-refractivity contribution < 1.29 is 18.8 Å². The van der Waals surface area contributed by atoms with Gasteiger partial charge >= 0.3 is 11.8 Å². The van der Waals surface area contributed by atoms with E-state index in [1.54, 1.807) is 23.9 Å². The van der Waals surface area contributed by atoms with E-state index in [4.69, 9.17) is 14.0 Å². The molecule has 1 aromatic carbocycles. The zero-order valence-electron chi connectivity index (χ0n) is 20.2. The summed E-state index contributed by atoms with van der Waals surface area (Å²) in [7, 11) is 1.62. The van der Waals surface area contributed by atoms with Gasteiger partial charge in [0.1, 0.15) is 12.4 Å². The van der Waals surface area contributed by atoms with E-state index < -0.39 is 0 Å². The van der Waals surface area contributed by atoms with Gasteiger partial charge in [0.2, 0.25) is 5.82 Å². The molecule has 1 aliphatic heterocycles. The van der Waals surface area contributed by atoms with Gasteiger partial charge in [-0.05, 0) is 56.3 Å². The summed E-state index contributed by atoms with van der Waals surface area (Å²) in [6, 6.07) is 9.28. The lowest BCUT2D eigenvalue weighted by atomic mass is 10.1. The average Bonchev–Trinajstić information content (AvgIpc) is 3.57. The minimum absolute atomic E-state index is 0.0761. The first-order valence-corrected chi connectivity index (χ1v) is 12.1. The minimum atomic E-state index is -0.384. The van der Waals surface area contributed by atoms with Crippen molar-refractivity contribution in [3.63, 3.8) is 0 Å². The number of hydrogen-bond acceptors (Lipinski definition) is 9. The molecule has 4 aromatic rings. The zero-order valence-corrected chi connectivity index (χ0v) is 20.2. The van der Waals surface area contributed by atoms with Crippen molar-refractivity contribution >= 4 is 11.6 Å². The number of nitrogens with one attached hydrogen (secondary N) is 1. The SMILES string of the molecule is COCCOc1cc(-c2cn3ncccc3n2)cc(-c2noc(C(=O)NCCN3CCCCC3)n2)c1. The monoisotopic (exact) mass is 491 g/mol. The summed E-state index contributed by atoms with van der Waals surface area (Å²) in [6.45, 7) is 4.32. The van der Waals surface area contributed by atoms with Crippen molar-refractivity contribution in [2.75, 3.05) is 46.5 Å². The third-order valence-electron chi connectivity index (χ3n) is 6.04. The number of likely N-dealkylation sites (tertiary alicyclic amines) is 1. The molecule has 4 heterocycles. The molecule has 3 aromatic heterocycles. The Kier molecular flexibility index (Phi) is 7.48. The Morgan fingerprint density at radius 3 is 2.81 bits per heavy atom. The Morgan fingerprint density at radius 1 is 1.11 bits per heavy atom. The van der Waals surface area contributed by atoms with Crippen LogP contribution in [-0.4, -0.2) is 82.0 Å². The van der Waals surface area contributed by atoms with Crippen molar-refractivity contribution in [1.29, 1.82) is 0 Å². The van der Waals surface area contributed by atoms with Gasteiger partial charge in [-0.1, -0.05) is 11.6 Å². The summed E-state index contributed by atoms with van der Waals surface area (Å²) in [5, 5.41) is 11.2. The van der Waals surface area contributed by atoms with E-state index >= 15 is 0 Å². The largest absolute Gasteiger partial charge is 0.491 e. The summed E-state index contributed by atoms with van der Waals surface area (Å²) >= 11 is 0. The summed E-state index contributed by atoms with van der Waals surface area (Å²) in [6.07, 6.45) is 7.24. The first-order valence-electron chi connectivity index (χ1n) is 12.1. The average molecular weight is 492 g/mol. The standard InChI is InChI=1S/C25H29N7O4/c1-34-12-13-35-20-15-18(21-17-32-22(28-21)6-5-7-27-32)14-19(16-20)23-29-25(36-30-23)24(33)26-8-11-31-9-3-2-4-10-31/h5-7,14-17H,2-4,8-13H2,1H3,(H,26,33). The van der Waals surface area contributed by atoms with E-state index in [9.17, 15) is 4.79 Å². The number of nitrogens with zero attached hydrogens (tertiary/aromatic N) is 6. The number of benzene rings is 1. The highest BCUT2D eigenvalue weighted by molar-refractivity contribution is 5.90. The molecule has 36 heavy (non-hydrogen) atoms. The van der Waals surface area contributed by atoms with Crippen LogP contribution in [0.3, 0.4) is 0 Å². The van der Waals surface area contributed by atoms with E-state index in [1.807, 2.05) is 30.5 Å². The molecule has 188 valence electrons. The highest BCUT2D eigenvalue weighted by atomic mass is 16.5. The molecule has 0 aliphatic carbocycles. The van der Waals surface area contributed by atoms with E-state index in [1.165, 1.54) is 19.3 Å². The van der Waals surface area contributed by atoms with E-state index in [0.29, 0.717) is 36.8 Å². The molecule has 0 unspecified atom stereocenters. The van der Waals surface area contributed by atoms with Crippen LogP contribution in [0.1, 0.15) is 29.9 Å². The highest BCUT2D eigenvalue weighted by Crippen LogP contribution is 2.30. The number of piperidine rings is 1. The number of carbonyl (C=O) groups is 1. The molecule has 0 spiro atoms. The Hall–Kier alpha value is -3.83. The second-order valence-corrected chi connectivity index (χ2v) is 8.62. The summed E-state index contributed by atoms with van der Waals surface area (Å²) in [5.41, 5.74) is 2.87. The quantitative estimate of drug-likeness (QED) is 0.334. The third-order valence-corrected chi connectivity index (χ3v) is 6.04. The number of carbonyl (C=O) groups excluding carboxylic acids is 1. The van der Waals surface area contributed by atoms with Crippen molar-refractivity contribution in [1.82, 2.24) is 35.0 Å². The lowest BCUT2D eigenvalue weighted by molar-refractivity contribution is 0.0903. The second kappa shape index (κ2) is 11.3. The maximum absolute atomic E-state index is 12.6. The molecule has 1 amide bonds. The van der Waals surface area contributed by atoms with Crippen molar-refractivity contribution in [2.45, 2.75) is 19.3 Å². The second-order valence-electron chi connectivity index (χ2n) is 8.62. The Balaban J connectivity index is 1.34. The van der Waals surface area contributed by atoms with Gasteiger partial charge in [0.05, 0.1) is 18.5 Å². The van der Waals surface area contributed by atoms with Crippen LogP contribution in [0.2, 0.25) is 0 Å². The van der Waals surface area contributed by atoms with Crippen LogP contribution in [0.15, 0.2) is 47.2 Å². The molecule has 5 rings (SSSR count). The topological polar surface area (TPSA) is 120 Å². The molecule has 0 saturated carbocycles. The molecule has 1 aliphatic rings. The fourth-order valence-corrected chi connectivity index (χ4v) is 4.19. The Labute approximate surface area is 208 Å². The van der Waals surface area contributed by atoms with Gasteiger partial charge in [0, 0.05) is 37.5 Å². The predicted molar refractivity (Wildman–Crippen MR) is 132 cm³/mol. The highest BCUT2D eigenvalue weighted by Gasteiger charge is 2.19. The maximum atomic E-state index is 12.6. The first kappa shape index (κ1) is 23.9. The van der Waals surface area contributed by atoms with E-state index in [2.05, 4.69) is 30.4 Å².